The Balaban J connectivity index is 2.73. The SMILES string of the molecule is CCc1ccc2c(F)c(Br)sc2c1. The van der Waals surface area contributed by atoms with E-state index in [0.717, 1.165) is 11.1 Å². The van der Waals surface area contributed by atoms with Crippen molar-refractivity contribution in [1.82, 2.24) is 0 Å². The Bertz CT molecular complexity index is 447. The molecular weight excluding hydrogens is 251 g/mol. The summed E-state index contributed by atoms with van der Waals surface area (Å²) in [6.45, 7) is 2.10. The zero-order valence-electron chi connectivity index (χ0n) is 7.10. The van der Waals surface area contributed by atoms with Crippen LogP contribution < -0.4 is 0 Å². The fourth-order valence-corrected chi connectivity index (χ4v) is 2.91. The van der Waals surface area contributed by atoms with E-state index in [1.165, 1.54) is 16.9 Å². The first kappa shape index (κ1) is 9.16. The molecule has 2 rings (SSSR count). The number of thiophene rings is 1. The molecule has 0 aliphatic carbocycles. The summed E-state index contributed by atoms with van der Waals surface area (Å²) in [7, 11) is 0. The molecule has 0 aliphatic rings. The summed E-state index contributed by atoms with van der Waals surface area (Å²) in [5, 5.41) is 0.717. The van der Waals surface area contributed by atoms with Crippen molar-refractivity contribution in [3.8, 4) is 0 Å². The molecule has 1 aromatic carbocycles. The summed E-state index contributed by atoms with van der Waals surface area (Å²) in [5.74, 6) is -0.136. The number of fused-ring (bicyclic) bond motifs is 1. The van der Waals surface area contributed by atoms with E-state index in [4.69, 9.17) is 0 Å². The van der Waals surface area contributed by atoms with Crippen molar-refractivity contribution in [1.29, 1.82) is 0 Å². The van der Waals surface area contributed by atoms with Crippen molar-refractivity contribution in [3.05, 3.63) is 33.4 Å². The van der Waals surface area contributed by atoms with Crippen molar-refractivity contribution in [2.45, 2.75) is 13.3 Å². The predicted octanol–water partition coefficient (Wildman–Crippen LogP) is 4.37. The second-order valence-electron chi connectivity index (χ2n) is 2.87. The van der Waals surface area contributed by atoms with Gasteiger partial charge in [-0.1, -0.05) is 19.1 Å². The van der Waals surface area contributed by atoms with E-state index in [2.05, 4.69) is 22.9 Å². The van der Waals surface area contributed by atoms with E-state index in [0.29, 0.717) is 9.17 Å². The minimum atomic E-state index is -0.136. The highest BCUT2D eigenvalue weighted by Gasteiger charge is 2.09. The molecule has 0 radical (unpaired) electrons. The quantitative estimate of drug-likeness (QED) is 0.713. The van der Waals surface area contributed by atoms with Gasteiger partial charge in [0.25, 0.3) is 0 Å². The third-order valence-corrected chi connectivity index (χ3v) is 3.81. The normalized spacial score (nSPS) is 11.0. The monoisotopic (exact) mass is 258 g/mol. The summed E-state index contributed by atoms with van der Waals surface area (Å²) >= 11 is 4.65. The summed E-state index contributed by atoms with van der Waals surface area (Å²) in [6.07, 6.45) is 0.993. The highest BCUT2D eigenvalue weighted by atomic mass is 79.9. The Labute approximate surface area is 88.5 Å². The number of rotatable bonds is 1. The van der Waals surface area contributed by atoms with E-state index in [1.54, 1.807) is 0 Å². The van der Waals surface area contributed by atoms with Gasteiger partial charge in [-0.3, -0.25) is 0 Å². The van der Waals surface area contributed by atoms with Gasteiger partial charge in [-0.2, -0.15) is 0 Å². The van der Waals surface area contributed by atoms with Crippen molar-refractivity contribution in [3.63, 3.8) is 0 Å². The molecule has 0 bridgehead atoms. The Morgan fingerprint density at radius 2 is 2.23 bits per heavy atom. The average molecular weight is 259 g/mol. The lowest BCUT2D eigenvalue weighted by Gasteiger charge is -1.94. The Morgan fingerprint density at radius 1 is 1.46 bits per heavy atom. The largest absolute Gasteiger partial charge is 0.204 e. The molecule has 1 heterocycles. The topological polar surface area (TPSA) is 0 Å². The van der Waals surface area contributed by atoms with Gasteiger partial charge in [0, 0.05) is 10.1 Å². The molecule has 3 heteroatoms. The zero-order valence-corrected chi connectivity index (χ0v) is 9.51. The van der Waals surface area contributed by atoms with E-state index in [1.807, 2.05) is 18.2 Å². The molecule has 0 nitrogen and oxygen atoms in total. The van der Waals surface area contributed by atoms with Gasteiger partial charge < -0.3 is 0 Å². The lowest BCUT2D eigenvalue weighted by Crippen LogP contribution is -1.77. The second-order valence-corrected chi connectivity index (χ2v) is 5.24. The van der Waals surface area contributed by atoms with Gasteiger partial charge in [0.15, 0.2) is 5.82 Å². The van der Waals surface area contributed by atoms with Gasteiger partial charge >= 0.3 is 0 Å². The minimum absolute atomic E-state index is 0.136. The van der Waals surface area contributed by atoms with Crippen molar-refractivity contribution in [2.24, 2.45) is 0 Å². The van der Waals surface area contributed by atoms with Crippen LogP contribution in [0.4, 0.5) is 4.39 Å². The second kappa shape index (κ2) is 3.39. The maximum Gasteiger partial charge on any atom is 0.156 e. The third kappa shape index (κ3) is 1.51. The number of hydrogen-bond donors (Lipinski definition) is 0. The Kier molecular flexibility index (Phi) is 2.39. The molecule has 0 atom stereocenters. The van der Waals surface area contributed by atoms with Crippen molar-refractivity contribution >= 4 is 37.4 Å². The predicted molar refractivity (Wildman–Crippen MR) is 58.9 cm³/mol. The molecule has 0 fully saturated rings. The third-order valence-electron chi connectivity index (χ3n) is 2.06. The number of halogens is 2. The summed E-state index contributed by atoms with van der Waals surface area (Å²) in [6, 6.07) is 5.88. The fraction of sp³-hybridized carbons (Fsp3) is 0.200. The first-order chi connectivity index (χ1) is 6.22. The number of hydrogen-bond acceptors (Lipinski definition) is 1. The minimum Gasteiger partial charge on any atom is -0.204 e. The summed E-state index contributed by atoms with van der Waals surface area (Å²) in [5.41, 5.74) is 1.25. The highest BCUT2D eigenvalue weighted by Crippen LogP contribution is 2.34. The van der Waals surface area contributed by atoms with Gasteiger partial charge in [-0.15, -0.1) is 11.3 Å². The lowest BCUT2D eigenvalue weighted by atomic mass is 10.1. The Hall–Kier alpha value is -0.410. The molecule has 2 aromatic rings. The molecule has 0 unspecified atom stereocenters. The summed E-state index contributed by atoms with van der Waals surface area (Å²) < 4.78 is 15.0. The number of benzene rings is 1. The molecule has 0 saturated heterocycles. The van der Waals surface area contributed by atoms with Gasteiger partial charge in [0.1, 0.15) is 3.79 Å². The standard InChI is InChI=1S/C10H8BrFS/c1-2-6-3-4-7-8(5-6)13-10(11)9(7)12/h3-5H,2H2,1H3. The maximum atomic E-state index is 13.4. The zero-order chi connectivity index (χ0) is 9.42. The van der Waals surface area contributed by atoms with Crippen LogP contribution >= 0.6 is 27.3 Å². The van der Waals surface area contributed by atoms with E-state index in [9.17, 15) is 4.39 Å². The average Bonchev–Trinajstić information content (AvgIpc) is 2.42. The fourth-order valence-electron chi connectivity index (χ4n) is 1.30. The van der Waals surface area contributed by atoms with E-state index < -0.39 is 0 Å². The van der Waals surface area contributed by atoms with Crippen LogP contribution in [0.15, 0.2) is 22.0 Å². The van der Waals surface area contributed by atoms with Crippen LogP contribution in [-0.2, 0) is 6.42 Å². The van der Waals surface area contributed by atoms with Gasteiger partial charge in [-0.25, -0.2) is 4.39 Å². The molecule has 68 valence electrons. The lowest BCUT2D eigenvalue weighted by molar-refractivity contribution is 0.639. The molecule has 0 saturated carbocycles. The molecule has 13 heavy (non-hydrogen) atoms. The van der Waals surface area contributed by atoms with Crippen LogP contribution in [-0.4, -0.2) is 0 Å². The van der Waals surface area contributed by atoms with E-state index >= 15 is 0 Å². The Morgan fingerprint density at radius 3 is 2.92 bits per heavy atom. The summed E-state index contributed by atoms with van der Waals surface area (Å²) in [4.78, 5) is 0. The van der Waals surface area contributed by atoms with Crippen molar-refractivity contribution < 1.29 is 4.39 Å². The maximum absolute atomic E-state index is 13.4. The van der Waals surface area contributed by atoms with Crippen LogP contribution in [0.25, 0.3) is 10.1 Å². The van der Waals surface area contributed by atoms with Crippen LogP contribution in [0.2, 0.25) is 0 Å². The van der Waals surface area contributed by atoms with Gasteiger partial charge in [0.05, 0.1) is 0 Å². The van der Waals surface area contributed by atoms with Gasteiger partial charge in [0.2, 0.25) is 0 Å². The van der Waals surface area contributed by atoms with E-state index in [-0.39, 0.29) is 5.82 Å². The first-order valence-corrected chi connectivity index (χ1v) is 5.69. The highest BCUT2D eigenvalue weighted by molar-refractivity contribution is 9.11. The molecule has 0 spiro atoms. The smallest absolute Gasteiger partial charge is 0.156 e. The van der Waals surface area contributed by atoms with Crippen LogP contribution in [0.5, 0.6) is 0 Å². The van der Waals surface area contributed by atoms with Crippen LogP contribution in [0.3, 0.4) is 0 Å². The van der Waals surface area contributed by atoms with Crippen LogP contribution in [0, 0.1) is 5.82 Å². The molecule has 0 aliphatic heterocycles. The van der Waals surface area contributed by atoms with Gasteiger partial charge in [-0.05, 0) is 34.0 Å². The molecule has 1 aromatic heterocycles. The molecule has 0 N–H and O–H groups in total. The van der Waals surface area contributed by atoms with Crippen molar-refractivity contribution in [2.75, 3.05) is 0 Å². The van der Waals surface area contributed by atoms with Crippen LogP contribution in [0.1, 0.15) is 12.5 Å². The first-order valence-electron chi connectivity index (χ1n) is 4.08. The number of aryl methyl sites for hydroxylation is 1. The molecular formula is C10H8BrFS. The molecule has 0 amide bonds.